The molecule has 0 spiro atoms. The molecular weight excluding hydrogens is 204 g/mol. The first-order valence-corrected chi connectivity index (χ1v) is 6.24. The summed E-state index contributed by atoms with van der Waals surface area (Å²) in [6, 6.07) is 0.201. The van der Waals surface area contributed by atoms with Gasteiger partial charge in [-0.15, -0.1) is 0 Å². The Labute approximate surface area is 98.0 Å². The maximum absolute atomic E-state index is 11.5. The SMILES string of the molecule is CC(C)C[C@H](N)C[N+]1(C(=O)O)CCC[C@H]1C. The van der Waals surface area contributed by atoms with Crippen molar-refractivity contribution < 1.29 is 14.4 Å². The molecule has 1 fully saturated rings. The van der Waals surface area contributed by atoms with Crippen molar-refractivity contribution in [3.63, 3.8) is 0 Å². The van der Waals surface area contributed by atoms with E-state index in [1.54, 1.807) is 0 Å². The van der Waals surface area contributed by atoms with Crippen LogP contribution >= 0.6 is 0 Å². The lowest BCUT2D eigenvalue weighted by Crippen LogP contribution is -2.59. The van der Waals surface area contributed by atoms with Gasteiger partial charge in [-0.25, -0.2) is 4.48 Å². The topological polar surface area (TPSA) is 63.3 Å². The van der Waals surface area contributed by atoms with Crippen LogP contribution in [0.5, 0.6) is 0 Å². The number of nitrogens with zero attached hydrogens (tertiary/aromatic N) is 1. The third kappa shape index (κ3) is 2.74. The summed E-state index contributed by atoms with van der Waals surface area (Å²) in [5, 5.41) is 9.43. The fourth-order valence-corrected chi connectivity index (χ4v) is 2.87. The highest BCUT2D eigenvalue weighted by atomic mass is 16.4. The Kier molecular flexibility index (Phi) is 4.33. The van der Waals surface area contributed by atoms with Gasteiger partial charge in [-0.2, -0.15) is 4.79 Å². The van der Waals surface area contributed by atoms with Crippen LogP contribution in [0.2, 0.25) is 0 Å². The van der Waals surface area contributed by atoms with Crippen LogP contribution in [0.4, 0.5) is 4.79 Å². The molecule has 0 aromatic heterocycles. The van der Waals surface area contributed by atoms with Gasteiger partial charge in [-0.1, -0.05) is 13.8 Å². The number of rotatable bonds is 4. The van der Waals surface area contributed by atoms with Crippen LogP contribution in [0.1, 0.15) is 40.0 Å². The summed E-state index contributed by atoms with van der Waals surface area (Å²) in [7, 11) is 0. The first-order valence-electron chi connectivity index (χ1n) is 6.24. The van der Waals surface area contributed by atoms with E-state index >= 15 is 0 Å². The molecule has 1 aliphatic heterocycles. The quantitative estimate of drug-likeness (QED) is 0.725. The summed E-state index contributed by atoms with van der Waals surface area (Å²) in [5.74, 6) is 0.529. The first kappa shape index (κ1) is 13.5. The minimum absolute atomic E-state index is 0.00310. The molecule has 4 nitrogen and oxygen atoms in total. The summed E-state index contributed by atoms with van der Waals surface area (Å²) in [6.07, 6.45) is 2.20. The maximum Gasteiger partial charge on any atom is 0.513 e. The number of likely N-dealkylation sites (tertiary alicyclic amines) is 1. The van der Waals surface area contributed by atoms with Gasteiger partial charge in [-0.3, -0.25) is 0 Å². The number of nitrogens with two attached hydrogens (primary N) is 1. The van der Waals surface area contributed by atoms with Crippen molar-refractivity contribution in [3.05, 3.63) is 0 Å². The Morgan fingerprint density at radius 1 is 1.56 bits per heavy atom. The standard InChI is InChI=1S/C12H24N2O2/c1-9(2)7-11(13)8-14(12(15)16)6-4-5-10(14)3/h9-11H,4-8,13H2,1-3H3/p+1/t10-,11+,14?/m1/s1. The van der Waals surface area contributed by atoms with Gasteiger partial charge in [0.2, 0.25) is 0 Å². The number of hydrogen-bond acceptors (Lipinski definition) is 2. The Hall–Kier alpha value is -0.610. The molecule has 0 radical (unpaired) electrons. The molecule has 0 saturated carbocycles. The van der Waals surface area contributed by atoms with E-state index in [0.717, 1.165) is 25.8 Å². The zero-order valence-electron chi connectivity index (χ0n) is 10.6. The monoisotopic (exact) mass is 229 g/mol. The molecule has 1 aliphatic rings. The van der Waals surface area contributed by atoms with Crippen molar-refractivity contribution in [2.24, 2.45) is 11.7 Å². The number of quaternary nitrogens is 1. The summed E-state index contributed by atoms with van der Waals surface area (Å²) in [5.41, 5.74) is 6.06. The third-order valence-electron chi connectivity index (χ3n) is 3.74. The van der Waals surface area contributed by atoms with Gasteiger partial charge in [0, 0.05) is 12.8 Å². The predicted octanol–water partition coefficient (Wildman–Crippen LogP) is 2.04. The van der Waals surface area contributed by atoms with E-state index in [4.69, 9.17) is 5.73 Å². The zero-order chi connectivity index (χ0) is 12.3. The van der Waals surface area contributed by atoms with E-state index in [-0.39, 0.29) is 16.6 Å². The number of hydrogen-bond donors (Lipinski definition) is 2. The van der Waals surface area contributed by atoms with Crippen LogP contribution in [-0.4, -0.2) is 40.9 Å². The molecule has 1 saturated heterocycles. The van der Waals surface area contributed by atoms with Gasteiger partial charge in [0.15, 0.2) is 0 Å². The van der Waals surface area contributed by atoms with Crippen LogP contribution < -0.4 is 5.73 Å². The number of carbonyl (C=O) groups is 1. The average molecular weight is 229 g/mol. The largest absolute Gasteiger partial charge is 0.513 e. The van der Waals surface area contributed by atoms with Gasteiger partial charge in [0.1, 0.15) is 6.54 Å². The van der Waals surface area contributed by atoms with Crippen molar-refractivity contribution in [2.45, 2.75) is 52.1 Å². The lowest BCUT2D eigenvalue weighted by Gasteiger charge is -2.34. The molecule has 1 heterocycles. The van der Waals surface area contributed by atoms with E-state index < -0.39 is 6.09 Å². The van der Waals surface area contributed by atoms with E-state index in [0.29, 0.717) is 12.5 Å². The fraction of sp³-hybridized carbons (Fsp3) is 0.917. The van der Waals surface area contributed by atoms with Gasteiger partial charge in [-0.05, 0) is 19.3 Å². The fourth-order valence-electron chi connectivity index (χ4n) is 2.87. The molecule has 0 aromatic rings. The number of amides is 1. The van der Waals surface area contributed by atoms with Gasteiger partial charge in [0.05, 0.1) is 18.6 Å². The van der Waals surface area contributed by atoms with Crippen molar-refractivity contribution in [1.82, 2.24) is 0 Å². The molecule has 0 aliphatic carbocycles. The normalized spacial score (nSPS) is 31.9. The molecule has 94 valence electrons. The highest BCUT2D eigenvalue weighted by Gasteiger charge is 2.47. The Morgan fingerprint density at radius 2 is 2.19 bits per heavy atom. The molecule has 1 unspecified atom stereocenters. The van der Waals surface area contributed by atoms with Gasteiger partial charge >= 0.3 is 6.09 Å². The summed E-state index contributed by atoms with van der Waals surface area (Å²) >= 11 is 0. The lowest BCUT2D eigenvalue weighted by molar-refractivity contribution is -0.868. The third-order valence-corrected chi connectivity index (χ3v) is 3.74. The van der Waals surface area contributed by atoms with Crippen molar-refractivity contribution in [1.29, 1.82) is 0 Å². The molecule has 3 atom stereocenters. The highest BCUT2D eigenvalue weighted by molar-refractivity contribution is 5.57. The molecule has 4 heteroatoms. The minimum Gasteiger partial charge on any atom is -0.435 e. The van der Waals surface area contributed by atoms with Crippen LogP contribution in [0.15, 0.2) is 0 Å². The Bertz CT molecular complexity index is 255. The van der Waals surface area contributed by atoms with Crippen LogP contribution in [0, 0.1) is 5.92 Å². The lowest BCUT2D eigenvalue weighted by atomic mass is 10.0. The molecule has 16 heavy (non-hydrogen) atoms. The molecule has 0 aromatic carbocycles. The smallest absolute Gasteiger partial charge is 0.435 e. The van der Waals surface area contributed by atoms with Crippen LogP contribution in [-0.2, 0) is 0 Å². The van der Waals surface area contributed by atoms with Crippen molar-refractivity contribution in [3.8, 4) is 0 Å². The van der Waals surface area contributed by atoms with Gasteiger partial charge in [0.25, 0.3) is 0 Å². The van der Waals surface area contributed by atoms with E-state index in [2.05, 4.69) is 13.8 Å². The molecule has 3 N–H and O–H groups in total. The minimum atomic E-state index is -0.704. The van der Waals surface area contributed by atoms with Crippen LogP contribution in [0.3, 0.4) is 0 Å². The van der Waals surface area contributed by atoms with E-state index in [1.807, 2.05) is 6.92 Å². The summed E-state index contributed by atoms with van der Waals surface area (Å²) in [4.78, 5) is 11.5. The maximum atomic E-state index is 11.5. The first-order chi connectivity index (χ1) is 7.38. The Balaban J connectivity index is 2.69. The zero-order valence-corrected chi connectivity index (χ0v) is 10.6. The summed E-state index contributed by atoms with van der Waals surface area (Å²) in [6.45, 7) is 7.59. The molecule has 0 bridgehead atoms. The van der Waals surface area contributed by atoms with Crippen molar-refractivity contribution >= 4 is 6.09 Å². The second kappa shape index (κ2) is 5.15. The van der Waals surface area contributed by atoms with Crippen LogP contribution in [0.25, 0.3) is 0 Å². The molecule has 1 rings (SSSR count). The average Bonchev–Trinajstić information content (AvgIpc) is 2.47. The Morgan fingerprint density at radius 3 is 2.56 bits per heavy atom. The molecular formula is C12H25N2O2+. The predicted molar refractivity (Wildman–Crippen MR) is 64.1 cm³/mol. The second-order valence-electron chi connectivity index (χ2n) is 5.60. The second-order valence-corrected chi connectivity index (χ2v) is 5.60. The summed E-state index contributed by atoms with van der Waals surface area (Å²) < 4.78 is 0.174. The number of carboxylic acid groups (broad SMARTS) is 1. The van der Waals surface area contributed by atoms with Crippen molar-refractivity contribution in [2.75, 3.05) is 13.1 Å². The van der Waals surface area contributed by atoms with E-state index in [1.165, 1.54) is 0 Å². The van der Waals surface area contributed by atoms with E-state index in [9.17, 15) is 9.90 Å². The van der Waals surface area contributed by atoms with Gasteiger partial charge < -0.3 is 10.8 Å². The highest BCUT2D eigenvalue weighted by Crippen LogP contribution is 2.28. The molecule has 1 amide bonds.